The first kappa shape index (κ1) is 15.0. The minimum atomic E-state index is 0.436. The monoisotopic (exact) mass is 324 g/mol. The van der Waals surface area contributed by atoms with Crippen LogP contribution in [-0.2, 0) is 11.1 Å². The minimum absolute atomic E-state index is 0.436. The summed E-state index contributed by atoms with van der Waals surface area (Å²) in [6.45, 7) is 2.34. The van der Waals surface area contributed by atoms with Crippen LogP contribution >= 0.6 is 0 Å². The van der Waals surface area contributed by atoms with Gasteiger partial charge in [-0.3, -0.25) is 0 Å². The number of fused-ring (bicyclic) bond motifs is 7. The summed E-state index contributed by atoms with van der Waals surface area (Å²) in [4.78, 5) is 0. The van der Waals surface area contributed by atoms with Crippen molar-refractivity contribution >= 4 is 29.8 Å². The van der Waals surface area contributed by atoms with E-state index in [2.05, 4.69) is 61.5 Å². The SMILES string of the molecule is COBc1cc2c(c3c1CCC=C3)-c1c(ccc3ccccc13)C2C. The fourth-order valence-corrected chi connectivity index (χ4v) is 4.73. The van der Waals surface area contributed by atoms with Crippen molar-refractivity contribution in [3.63, 3.8) is 0 Å². The van der Waals surface area contributed by atoms with Crippen molar-refractivity contribution in [3.05, 3.63) is 70.8 Å². The molecule has 0 N–H and O–H groups in total. The molecular formula is C23H21BO. The Bertz CT molecular complexity index is 1030. The van der Waals surface area contributed by atoms with Crippen molar-refractivity contribution < 1.29 is 4.65 Å². The van der Waals surface area contributed by atoms with E-state index in [0.29, 0.717) is 13.4 Å². The molecule has 0 bridgehead atoms. The van der Waals surface area contributed by atoms with Crippen LogP contribution in [0.4, 0.5) is 0 Å². The van der Waals surface area contributed by atoms with Gasteiger partial charge in [0.25, 0.3) is 0 Å². The highest BCUT2D eigenvalue weighted by atomic mass is 16.4. The maximum atomic E-state index is 5.51. The fourth-order valence-electron chi connectivity index (χ4n) is 4.73. The van der Waals surface area contributed by atoms with Gasteiger partial charge in [0.05, 0.1) is 0 Å². The Balaban J connectivity index is 1.90. The standard InChI is InChI=1S/C23H21BO/c1-14-16-12-11-15-7-3-4-8-17(15)22(16)23-19-10-6-5-9-18(19)21(24-25-2)13-20(14)23/h3-4,6-8,10-14,24H,5,9H2,1-2H3. The fraction of sp³-hybridized carbons (Fsp3) is 0.217. The summed E-state index contributed by atoms with van der Waals surface area (Å²) in [7, 11) is 2.50. The molecule has 0 aromatic heterocycles. The summed E-state index contributed by atoms with van der Waals surface area (Å²) in [6.07, 6.45) is 6.92. The maximum Gasteiger partial charge on any atom is 0.308 e. The van der Waals surface area contributed by atoms with Crippen molar-refractivity contribution in [1.29, 1.82) is 0 Å². The Morgan fingerprint density at radius 2 is 1.92 bits per heavy atom. The van der Waals surface area contributed by atoms with Crippen LogP contribution in [0.15, 0.2) is 48.5 Å². The average Bonchev–Trinajstić information content (AvgIpc) is 2.95. The van der Waals surface area contributed by atoms with Gasteiger partial charge in [0.1, 0.15) is 0 Å². The normalized spacial score (nSPS) is 17.3. The first-order valence-corrected chi connectivity index (χ1v) is 9.15. The lowest BCUT2D eigenvalue weighted by Gasteiger charge is -2.20. The van der Waals surface area contributed by atoms with E-state index < -0.39 is 0 Å². The third-order valence-electron chi connectivity index (χ3n) is 5.89. The van der Waals surface area contributed by atoms with E-state index in [1.54, 1.807) is 7.11 Å². The number of allylic oxidation sites excluding steroid dienone is 1. The van der Waals surface area contributed by atoms with Gasteiger partial charge in [-0.05, 0) is 62.5 Å². The largest absolute Gasteiger partial charge is 0.437 e. The van der Waals surface area contributed by atoms with Crippen LogP contribution in [0.2, 0.25) is 0 Å². The van der Waals surface area contributed by atoms with Gasteiger partial charge in [-0.25, -0.2) is 0 Å². The third-order valence-corrected chi connectivity index (χ3v) is 5.89. The maximum absolute atomic E-state index is 5.51. The first-order valence-electron chi connectivity index (χ1n) is 9.15. The van der Waals surface area contributed by atoms with E-state index in [9.17, 15) is 0 Å². The zero-order chi connectivity index (χ0) is 17.0. The van der Waals surface area contributed by atoms with Crippen molar-refractivity contribution in [2.24, 2.45) is 0 Å². The van der Waals surface area contributed by atoms with Gasteiger partial charge in [-0.2, -0.15) is 0 Å². The van der Waals surface area contributed by atoms with Crippen LogP contribution in [-0.4, -0.2) is 14.6 Å². The molecule has 0 radical (unpaired) electrons. The lowest BCUT2D eigenvalue weighted by atomic mass is 9.75. The predicted octanol–water partition coefficient (Wildman–Crippen LogP) is 4.55. The molecule has 0 saturated heterocycles. The second kappa shape index (κ2) is 5.61. The van der Waals surface area contributed by atoms with Gasteiger partial charge >= 0.3 is 7.48 Å². The molecule has 0 spiro atoms. The Labute approximate surface area is 149 Å². The molecule has 0 saturated carbocycles. The summed E-state index contributed by atoms with van der Waals surface area (Å²) in [5, 5.41) is 2.71. The van der Waals surface area contributed by atoms with Gasteiger partial charge in [-0.15, -0.1) is 0 Å². The second-order valence-electron chi connectivity index (χ2n) is 7.24. The van der Waals surface area contributed by atoms with Gasteiger partial charge in [0.2, 0.25) is 0 Å². The highest BCUT2D eigenvalue weighted by molar-refractivity contribution is 6.48. The Kier molecular flexibility index (Phi) is 3.36. The Morgan fingerprint density at radius 3 is 2.80 bits per heavy atom. The molecule has 2 heteroatoms. The van der Waals surface area contributed by atoms with Crippen molar-refractivity contribution in [2.45, 2.75) is 25.7 Å². The first-order chi connectivity index (χ1) is 12.3. The summed E-state index contributed by atoms with van der Waals surface area (Å²) >= 11 is 0. The molecule has 3 aromatic rings. The third kappa shape index (κ3) is 2.07. The zero-order valence-corrected chi connectivity index (χ0v) is 14.8. The number of rotatable bonds is 2. The van der Waals surface area contributed by atoms with E-state index in [4.69, 9.17) is 4.65 Å². The molecule has 1 nitrogen and oxygen atoms in total. The molecular weight excluding hydrogens is 303 g/mol. The topological polar surface area (TPSA) is 9.23 Å². The van der Waals surface area contributed by atoms with Gasteiger partial charge in [-0.1, -0.05) is 61.5 Å². The molecule has 0 heterocycles. The number of hydrogen-bond donors (Lipinski definition) is 0. The van der Waals surface area contributed by atoms with Crippen molar-refractivity contribution in [3.8, 4) is 11.1 Å². The predicted molar refractivity (Wildman–Crippen MR) is 108 cm³/mol. The van der Waals surface area contributed by atoms with E-state index in [-0.39, 0.29) is 0 Å². The summed E-state index contributed by atoms with van der Waals surface area (Å²) in [6, 6.07) is 15.8. The lowest BCUT2D eigenvalue weighted by Crippen LogP contribution is -2.24. The molecule has 25 heavy (non-hydrogen) atoms. The quantitative estimate of drug-likeness (QED) is 0.628. The van der Waals surface area contributed by atoms with Crippen LogP contribution < -0.4 is 5.46 Å². The average molecular weight is 324 g/mol. The molecule has 0 aliphatic heterocycles. The highest BCUT2D eigenvalue weighted by Gasteiger charge is 2.31. The van der Waals surface area contributed by atoms with Crippen LogP contribution in [0.25, 0.3) is 28.0 Å². The van der Waals surface area contributed by atoms with E-state index in [1.807, 2.05) is 0 Å². The molecule has 0 amide bonds. The van der Waals surface area contributed by atoms with E-state index in [0.717, 1.165) is 12.8 Å². The summed E-state index contributed by atoms with van der Waals surface area (Å²) in [5.74, 6) is 0.436. The molecule has 0 fully saturated rings. The number of benzene rings is 3. The molecule has 5 rings (SSSR count). The summed E-state index contributed by atoms with van der Waals surface area (Å²) in [5.41, 5.74) is 10.1. The summed E-state index contributed by atoms with van der Waals surface area (Å²) < 4.78 is 5.51. The molecule has 1 atom stereocenters. The van der Waals surface area contributed by atoms with E-state index in [1.165, 1.54) is 49.6 Å². The van der Waals surface area contributed by atoms with Crippen molar-refractivity contribution in [1.82, 2.24) is 0 Å². The second-order valence-corrected chi connectivity index (χ2v) is 7.24. The highest BCUT2D eigenvalue weighted by Crippen LogP contribution is 2.50. The molecule has 2 aliphatic carbocycles. The van der Waals surface area contributed by atoms with Gasteiger partial charge in [0, 0.05) is 13.0 Å². The van der Waals surface area contributed by atoms with Crippen LogP contribution in [0.5, 0.6) is 0 Å². The van der Waals surface area contributed by atoms with Gasteiger partial charge in [0.15, 0.2) is 0 Å². The minimum Gasteiger partial charge on any atom is -0.437 e. The van der Waals surface area contributed by atoms with E-state index >= 15 is 0 Å². The van der Waals surface area contributed by atoms with Gasteiger partial charge < -0.3 is 4.65 Å². The van der Waals surface area contributed by atoms with Crippen LogP contribution in [0, 0.1) is 0 Å². The lowest BCUT2D eigenvalue weighted by molar-refractivity contribution is 0.450. The van der Waals surface area contributed by atoms with Crippen LogP contribution in [0.1, 0.15) is 41.5 Å². The molecule has 1 unspecified atom stereocenters. The van der Waals surface area contributed by atoms with Crippen LogP contribution in [0.3, 0.4) is 0 Å². The van der Waals surface area contributed by atoms with Crippen molar-refractivity contribution in [2.75, 3.05) is 7.11 Å². The molecule has 122 valence electrons. The Hall–Kier alpha value is -2.32. The molecule has 2 aliphatic rings. The Morgan fingerprint density at radius 1 is 1.04 bits per heavy atom. The molecule has 3 aromatic carbocycles. The number of hydrogen-bond acceptors (Lipinski definition) is 1. The smallest absolute Gasteiger partial charge is 0.308 e. The zero-order valence-electron chi connectivity index (χ0n) is 14.8.